The first-order valence-electron chi connectivity index (χ1n) is 6.20. The van der Waals surface area contributed by atoms with E-state index >= 15 is 0 Å². The Morgan fingerprint density at radius 2 is 1.83 bits per heavy atom. The van der Waals surface area contributed by atoms with Crippen molar-refractivity contribution < 1.29 is 17.9 Å². The molecule has 0 saturated carbocycles. The Bertz CT molecular complexity index is 355. The van der Waals surface area contributed by atoms with Gasteiger partial charge in [0.15, 0.2) is 9.84 Å². The first-order chi connectivity index (χ1) is 8.02. The lowest BCUT2D eigenvalue weighted by Gasteiger charge is -2.19. The van der Waals surface area contributed by atoms with Crippen LogP contribution < -0.4 is 5.73 Å². The normalized spacial score (nSPS) is 14.3. The number of hydrogen-bond acceptors (Lipinski definition) is 5. The highest BCUT2D eigenvalue weighted by atomic mass is 32.2. The first kappa shape index (κ1) is 17.4. The minimum absolute atomic E-state index is 0.0129. The van der Waals surface area contributed by atoms with Crippen molar-refractivity contribution in [1.29, 1.82) is 0 Å². The van der Waals surface area contributed by atoms with Crippen LogP contribution in [0.4, 0.5) is 0 Å². The van der Waals surface area contributed by atoms with Crippen LogP contribution in [-0.4, -0.2) is 37.5 Å². The second kappa shape index (κ2) is 7.09. The topological polar surface area (TPSA) is 86.5 Å². The average Bonchev–Trinajstić information content (AvgIpc) is 2.07. The fraction of sp³-hybridized carbons (Fsp3) is 0.917. The van der Waals surface area contributed by atoms with Crippen molar-refractivity contribution in [2.75, 3.05) is 11.5 Å². The Labute approximate surface area is 110 Å². The number of esters is 1. The molecule has 0 rings (SSSR count). The molecule has 0 bridgehead atoms. The van der Waals surface area contributed by atoms with E-state index in [0.29, 0.717) is 6.42 Å². The van der Waals surface area contributed by atoms with Gasteiger partial charge in [0.2, 0.25) is 0 Å². The van der Waals surface area contributed by atoms with Crippen molar-refractivity contribution in [3.63, 3.8) is 0 Å². The van der Waals surface area contributed by atoms with Crippen molar-refractivity contribution >= 4 is 15.8 Å². The molecular formula is C12H25NO4S. The van der Waals surface area contributed by atoms with Gasteiger partial charge in [-0.05, 0) is 40.5 Å². The molecule has 1 unspecified atom stereocenters. The summed E-state index contributed by atoms with van der Waals surface area (Å²) in [4.78, 5) is 11.4. The molecule has 2 N–H and O–H groups in total. The van der Waals surface area contributed by atoms with Crippen LogP contribution in [0.2, 0.25) is 0 Å². The monoisotopic (exact) mass is 279 g/mol. The van der Waals surface area contributed by atoms with Gasteiger partial charge in [0.25, 0.3) is 0 Å². The smallest absolute Gasteiger partial charge is 0.321 e. The van der Waals surface area contributed by atoms with E-state index in [2.05, 4.69) is 0 Å². The minimum atomic E-state index is -3.37. The number of nitrogens with two attached hydrogens (primary N) is 1. The molecule has 5 nitrogen and oxygen atoms in total. The van der Waals surface area contributed by atoms with Gasteiger partial charge in [0.1, 0.15) is 11.4 Å². The SMILES string of the molecule is CC(N)CCCCS(=O)(=O)CC(=O)OC(C)(C)C. The van der Waals surface area contributed by atoms with Crippen LogP contribution in [0.25, 0.3) is 0 Å². The third-order valence-electron chi connectivity index (χ3n) is 2.12. The van der Waals surface area contributed by atoms with Crippen LogP contribution in [0.15, 0.2) is 0 Å². The van der Waals surface area contributed by atoms with E-state index in [1.807, 2.05) is 6.92 Å². The molecule has 108 valence electrons. The maximum absolute atomic E-state index is 11.6. The first-order valence-corrected chi connectivity index (χ1v) is 8.02. The molecule has 0 heterocycles. The fourth-order valence-electron chi connectivity index (χ4n) is 1.41. The van der Waals surface area contributed by atoms with Crippen LogP contribution in [0, 0.1) is 0 Å². The lowest BCUT2D eigenvalue weighted by atomic mass is 10.2. The van der Waals surface area contributed by atoms with Gasteiger partial charge in [-0.25, -0.2) is 8.42 Å². The maximum Gasteiger partial charge on any atom is 0.321 e. The van der Waals surface area contributed by atoms with Gasteiger partial charge in [0, 0.05) is 6.04 Å². The zero-order valence-electron chi connectivity index (χ0n) is 11.7. The lowest BCUT2D eigenvalue weighted by Crippen LogP contribution is -2.29. The molecule has 18 heavy (non-hydrogen) atoms. The zero-order valence-corrected chi connectivity index (χ0v) is 12.5. The largest absolute Gasteiger partial charge is 0.459 e. The van der Waals surface area contributed by atoms with Gasteiger partial charge >= 0.3 is 5.97 Å². The van der Waals surface area contributed by atoms with Crippen molar-refractivity contribution in [2.24, 2.45) is 5.73 Å². The standard InChI is InChI=1S/C12H25NO4S/c1-10(13)7-5-6-8-18(15,16)9-11(14)17-12(2,3)4/h10H,5-9,13H2,1-4H3. The van der Waals surface area contributed by atoms with E-state index in [-0.39, 0.29) is 11.8 Å². The summed E-state index contributed by atoms with van der Waals surface area (Å²) in [6, 6.07) is 0.0820. The van der Waals surface area contributed by atoms with Crippen LogP contribution in [0.5, 0.6) is 0 Å². The zero-order chi connectivity index (χ0) is 14.4. The number of sulfone groups is 1. The number of hydrogen-bond donors (Lipinski definition) is 1. The van der Waals surface area contributed by atoms with E-state index in [4.69, 9.17) is 10.5 Å². The van der Waals surface area contributed by atoms with Crippen molar-refractivity contribution in [1.82, 2.24) is 0 Å². The van der Waals surface area contributed by atoms with Crippen molar-refractivity contribution in [2.45, 2.75) is 58.6 Å². The third kappa shape index (κ3) is 10.5. The van der Waals surface area contributed by atoms with Crippen LogP contribution in [0.3, 0.4) is 0 Å². The summed E-state index contributed by atoms with van der Waals surface area (Å²) in [6.07, 6.45) is 2.08. The average molecular weight is 279 g/mol. The Morgan fingerprint density at radius 1 is 1.28 bits per heavy atom. The van der Waals surface area contributed by atoms with Gasteiger partial charge in [-0.15, -0.1) is 0 Å². The molecule has 0 aliphatic rings. The third-order valence-corrected chi connectivity index (χ3v) is 3.71. The molecule has 0 aromatic heterocycles. The molecule has 0 aliphatic carbocycles. The predicted octanol–water partition coefficient (Wildman–Crippen LogP) is 1.26. The molecule has 6 heteroatoms. The van der Waals surface area contributed by atoms with E-state index in [0.717, 1.165) is 12.8 Å². The fourth-order valence-corrected chi connectivity index (χ4v) is 2.62. The van der Waals surface area contributed by atoms with Gasteiger partial charge in [-0.3, -0.25) is 4.79 Å². The van der Waals surface area contributed by atoms with Crippen molar-refractivity contribution in [3.8, 4) is 0 Å². The second-order valence-electron chi connectivity index (χ2n) is 5.65. The molecule has 0 radical (unpaired) electrons. The van der Waals surface area contributed by atoms with E-state index in [1.54, 1.807) is 20.8 Å². The van der Waals surface area contributed by atoms with Gasteiger partial charge in [-0.2, -0.15) is 0 Å². The molecule has 0 aromatic rings. The maximum atomic E-state index is 11.6. The Hall–Kier alpha value is -0.620. The Balaban J connectivity index is 4.04. The predicted molar refractivity (Wildman–Crippen MR) is 72.0 cm³/mol. The van der Waals surface area contributed by atoms with Crippen LogP contribution in [-0.2, 0) is 19.4 Å². The summed E-state index contributed by atoms with van der Waals surface area (Å²) in [5.41, 5.74) is 4.92. The number of ether oxygens (including phenoxy) is 1. The molecule has 0 fully saturated rings. The van der Waals surface area contributed by atoms with Crippen molar-refractivity contribution in [3.05, 3.63) is 0 Å². The highest BCUT2D eigenvalue weighted by Gasteiger charge is 2.22. The summed E-state index contributed by atoms with van der Waals surface area (Å²) in [6.45, 7) is 7.01. The molecule has 0 aromatic carbocycles. The highest BCUT2D eigenvalue weighted by molar-refractivity contribution is 7.92. The van der Waals surface area contributed by atoms with Gasteiger partial charge in [-0.1, -0.05) is 6.42 Å². The van der Waals surface area contributed by atoms with E-state index < -0.39 is 27.2 Å². The molecule has 1 atom stereocenters. The molecular weight excluding hydrogens is 254 g/mol. The van der Waals surface area contributed by atoms with E-state index in [1.165, 1.54) is 0 Å². The van der Waals surface area contributed by atoms with Crippen LogP contribution >= 0.6 is 0 Å². The minimum Gasteiger partial charge on any atom is -0.459 e. The molecule has 0 spiro atoms. The summed E-state index contributed by atoms with van der Waals surface area (Å²) in [5, 5.41) is 0. The molecule has 0 amide bonds. The summed E-state index contributed by atoms with van der Waals surface area (Å²) < 4.78 is 28.3. The quantitative estimate of drug-likeness (QED) is 0.560. The molecule has 0 saturated heterocycles. The Morgan fingerprint density at radius 3 is 2.28 bits per heavy atom. The van der Waals surface area contributed by atoms with E-state index in [9.17, 15) is 13.2 Å². The Kier molecular flexibility index (Phi) is 6.84. The summed E-state index contributed by atoms with van der Waals surface area (Å²) >= 11 is 0. The molecule has 0 aliphatic heterocycles. The summed E-state index contributed by atoms with van der Waals surface area (Å²) in [5.74, 6) is -1.21. The number of unbranched alkanes of at least 4 members (excludes halogenated alkanes) is 1. The number of carbonyl (C=O) groups is 1. The van der Waals surface area contributed by atoms with Gasteiger partial charge < -0.3 is 10.5 Å². The number of rotatable bonds is 7. The number of carbonyl (C=O) groups excluding carboxylic acids is 1. The van der Waals surface area contributed by atoms with Gasteiger partial charge in [0.05, 0.1) is 5.75 Å². The van der Waals surface area contributed by atoms with Crippen LogP contribution in [0.1, 0.15) is 47.0 Å². The summed E-state index contributed by atoms with van der Waals surface area (Å²) in [7, 11) is -3.37. The highest BCUT2D eigenvalue weighted by Crippen LogP contribution is 2.09. The lowest BCUT2D eigenvalue weighted by molar-refractivity contribution is -0.151. The second-order valence-corrected chi connectivity index (χ2v) is 7.84.